The van der Waals surface area contributed by atoms with Crippen molar-refractivity contribution in [2.45, 2.75) is 26.7 Å². The van der Waals surface area contributed by atoms with Crippen LogP contribution >= 0.6 is 15.9 Å². The van der Waals surface area contributed by atoms with Crippen molar-refractivity contribution in [3.8, 4) is 5.75 Å². The van der Waals surface area contributed by atoms with Crippen LogP contribution in [0.1, 0.15) is 35.7 Å². The first-order valence-corrected chi connectivity index (χ1v) is 8.55. The number of Topliss-reactive ketones (excluding diaryl/α,β-unsaturated/α-hetero) is 1. The lowest BCUT2D eigenvalue weighted by molar-refractivity contribution is -0.116. The minimum Gasteiger partial charge on any atom is -0.494 e. The summed E-state index contributed by atoms with van der Waals surface area (Å²) in [5.74, 6) is 0.685. The van der Waals surface area contributed by atoms with E-state index in [2.05, 4.69) is 21.2 Å². The predicted molar refractivity (Wildman–Crippen MR) is 98.7 cm³/mol. The van der Waals surface area contributed by atoms with Gasteiger partial charge in [0.15, 0.2) is 5.78 Å². The second kappa shape index (κ2) is 8.64. The Balaban J connectivity index is 1.72. The highest BCUT2D eigenvalue weighted by Gasteiger charge is 2.05. The van der Waals surface area contributed by atoms with Crippen LogP contribution in [0.2, 0.25) is 0 Å². The Morgan fingerprint density at radius 3 is 2.46 bits per heavy atom. The summed E-state index contributed by atoms with van der Waals surface area (Å²) in [5, 5.41) is 2.87. The smallest absolute Gasteiger partial charge is 0.224 e. The topological polar surface area (TPSA) is 55.4 Å². The molecule has 0 atom stereocenters. The lowest BCUT2D eigenvalue weighted by atomic mass is 10.1. The van der Waals surface area contributed by atoms with Gasteiger partial charge in [0, 0.05) is 22.1 Å². The third-order valence-corrected chi connectivity index (χ3v) is 4.39. The fourth-order valence-corrected chi connectivity index (χ4v) is 2.48. The Bertz CT molecular complexity index is 726. The van der Waals surface area contributed by atoms with E-state index < -0.39 is 0 Å². The molecule has 0 saturated heterocycles. The SMILES string of the molecule is CC(=O)c1ccc(OCCCC(=O)Nc2ccc(C)c(Br)c2)cc1. The number of anilines is 1. The summed E-state index contributed by atoms with van der Waals surface area (Å²) >= 11 is 3.45. The van der Waals surface area contributed by atoms with E-state index in [-0.39, 0.29) is 11.7 Å². The van der Waals surface area contributed by atoms with Gasteiger partial charge in [0.25, 0.3) is 0 Å². The molecule has 0 fully saturated rings. The number of hydrogen-bond donors (Lipinski definition) is 1. The standard InChI is InChI=1S/C19H20BrNO3/c1-13-5-8-16(12-18(13)20)21-19(23)4-3-11-24-17-9-6-15(7-10-17)14(2)22/h5-10,12H,3-4,11H2,1-2H3,(H,21,23). The monoisotopic (exact) mass is 389 g/mol. The normalized spacial score (nSPS) is 10.3. The summed E-state index contributed by atoms with van der Waals surface area (Å²) in [6.07, 6.45) is 1.00. The Hall–Kier alpha value is -2.14. The number of benzene rings is 2. The molecule has 0 aliphatic heterocycles. The summed E-state index contributed by atoms with van der Waals surface area (Å²) in [7, 11) is 0. The van der Waals surface area contributed by atoms with E-state index in [1.165, 1.54) is 6.92 Å². The van der Waals surface area contributed by atoms with E-state index in [0.29, 0.717) is 30.8 Å². The highest BCUT2D eigenvalue weighted by molar-refractivity contribution is 9.10. The summed E-state index contributed by atoms with van der Waals surface area (Å²) in [5.41, 5.74) is 2.56. The number of amides is 1. The number of rotatable bonds is 7. The van der Waals surface area contributed by atoms with Gasteiger partial charge in [-0.1, -0.05) is 22.0 Å². The van der Waals surface area contributed by atoms with Crippen molar-refractivity contribution in [3.63, 3.8) is 0 Å². The highest BCUT2D eigenvalue weighted by atomic mass is 79.9. The van der Waals surface area contributed by atoms with Gasteiger partial charge in [0.05, 0.1) is 6.61 Å². The van der Waals surface area contributed by atoms with Crippen LogP contribution < -0.4 is 10.1 Å². The minimum absolute atomic E-state index is 0.0287. The van der Waals surface area contributed by atoms with Crippen molar-refractivity contribution >= 4 is 33.3 Å². The van der Waals surface area contributed by atoms with Gasteiger partial charge in [0.2, 0.25) is 5.91 Å². The van der Waals surface area contributed by atoms with Gasteiger partial charge in [-0.15, -0.1) is 0 Å². The molecule has 2 rings (SSSR count). The van der Waals surface area contributed by atoms with E-state index in [4.69, 9.17) is 4.74 Å². The molecule has 0 saturated carbocycles. The Morgan fingerprint density at radius 1 is 1.12 bits per heavy atom. The summed E-state index contributed by atoms with van der Waals surface area (Å²) < 4.78 is 6.55. The van der Waals surface area contributed by atoms with Crippen molar-refractivity contribution in [2.75, 3.05) is 11.9 Å². The molecular formula is C19H20BrNO3. The lowest BCUT2D eigenvalue weighted by Crippen LogP contribution is -2.12. The molecule has 0 aromatic heterocycles. The predicted octanol–water partition coefficient (Wildman–Crippen LogP) is 4.76. The van der Waals surface area contributed by atoms with Crippen LogP contribution in [-0.4, -0.2) is 18.3 Å². The zero-order chi connectivity index (χ0) is 17.5. The molecule has 24 heavy (non-hydrogen) atoms. The minimum atomic E-state index is -0.0405. The number of halogens is 1. The number of nitrogens with one attached hydrogen (secondary N) is 1. The van der Waals surface area contributed by atoms with Crippen LogP contribution in [0.3, 0.4) is 0 Å². The molecule has 0 radical (unpaired) electrons. The molecule has 0 spiro atoms. The molecule has 1 N–H and O–H groups in total. The number of carbonyl (C=O) groups is 2. The van der Waals surface area contributed by atoms with Gasteiger partial charge in [-0.25, -0.2) is 0 Å². The van der Waals surface area contributed by atoms with Crippen molar-refractivity contribution < 1.29 is 14.3 Å². The number of ketones is 1. The van der Waals surface area contributed by atoms with Crippen LogP contribution in [0.25, 0.3) is 0 Å². The van der Waals surface area contributed by atoms with E-state index in [1.54, 1.807) is 24.3 Å². The molecule has 5 heteroatoms. The number of aryl methyl sites for hydroxylation is 1. The van der Waals surface area contributed by atoms with Crippen LogP contribution in [0, 0.1) is 6.92 Å². The maximum Gasteiger partial charge on any atom is 0.224 e. The lowest BCUT2D eigenvalue weighted by Gasteiger charge is -2.08. The first kappa shape index (κ1) is 18.2. The van der Waals surface area contributed by atoms with E-state index in [9.17, 15) is 9.59 Å². The molecule has 1 amide bonds. The van der Waals surface area contributed by atoms with Crippen LogP contribution in [0.4, 0.5) is 5.69 Å². The average Bonchev–Trinajstić information content (AvgIpc) is 2.55. The summed E-state index contributed by atoms with van der Waals surface area (Å²) in [6.45, 7) is 3.97. The van der Waals surface area contributed by atoms with E-state index in [1.807, 2.05) is 25.1 Å². The van der Waals surface area contributed by atoms with Gasteiger partial charge in [0.1, 0.15) is 5.75 Å². The van der Waals surface area contributed by atoms with Crippen LogP contribution in [0.15, 0.2) is 46.9 Å². The second-order valence-electron chi connectivity index (χ2n) is 5.54. The molecule has 126 valence electrons. The first-order valence-electron chi connectivity index (χ1n) is 7.75. The highest BCUT2D eigenvalue weighted by Crippen LogP contribution is 2.20. The molecule has 2 aromatic carbocycles. The zero-order valence-corrected chi connectivity index (χ0v) is 15.4. The molecule has 2 aromatic rings. The third-order valence-electron chi connectivity index (χ3n) is 3.53. The quantitative estimate of drug-likeness (QED) is 0.548. The molecule has 0 bridgehead atoms. The number of ether oxygens (including phenoxy) is 1. The molecule has 0 aliphatic carbocycles. The zero-order valence-electron chi connectivity index (χ0n) is 13.8. The van der Waals surface area contributed by atoms with Crippen molar-refractivity contribution in [2.24, 2.45) is 0 Å². The largest absolute Gasteiger partial charge is 0.494 e. The Morgan fingerprint density at radius 2 is 1.83 bits per heavy atom. The Kier molecular flexibility index (Phi) is 6.55. The summed E-state index contributed by atoms with van der Waals surface area (Å²) in [6, 6.07) is 12.7. The van der Waals surface area contributed by atoms with Crippen LogP contribution in [0.5, 0.6) is 5.75 Å². The number of carbonyl (C=O) groups excluding carboxylic acids is 2. The fraction of sp³-hybridized carbons (Fsp3) is 0.263. The van der Waals surface area contributed by atoms with Gasteiger partial charge < -0.3 is 10.1 Å². The average molecular weight is 390 g/mol. The van der Waals surface area contributed by atoms with Gasteiger partial charge in [-0.3, -0.25) is 9.59 Å². The number of hydrogen-bond acceptors (Lipinski definition) is 3. The first-order chi connectivity index (χ1) is 11.5. The van der Waals surface area contributed by atoms with Crippen molar-refractivity contribution in [1.29, 1.82) is 0 Å². The van der Waals surface area contributed by atoms with Gasteiger partial charge >= 0.3 is 0 Å². The van der Waals surface area contributed by atoms with E-state index in [0.717, 1.165) is 15.7 Å². The maximum atomic E-state index is 11.9. The molecular weight excluding hydrogens is 370 g/mol. The van der Waals surface area contributed by atoms with Gasteiger partial charge in [-0.2, -0.15) is 0 Å². The van der Waals surface area contributed by atoms with Crippen LogP contribution in [-0.2, 0) is 4.79 Å². The van der Waals surface area contributed by atoms with E-state index >= 15 is 0 Å². The molecule has 0 heterocycles. The molecule has 0 unspecified atom stereocenters. The second-order valence-corrected chi connectivity index (χ2v) is 6.40. The Labute approximate surface area is 150 Å². The maximum absolute atomic E-state index is 11.9. The van der Waals surface area contributed by atoms with Gasteiger partial charge in [-0.05, 0) is 62.2 Å². The van der Waals surface area contributed by atoms with Crippen molar-refractivity contribution in [3.05, 3.63) is 58.1 Å². The molecule has 4 nitrogen and oxygen atoms in total. The summed E-state index contributed by atoms with van der Waals surface area (Å²) in [4.78, 5) is 23.1. The third kappa shape index (κ3) is 5.49. The fourth-order valence-electron chi connectivity index (χ4n) is 2.10. The van der Waals surface area contributed by atoms with Crippen molar-refractivity contribution in [1.82, 2.24) is 0 Å². The molecule has 0 aliphatic rings.